The molecule has 4 heteroatoms. The standard InChI is InChI=1S/C38H56O3Si/c1-10-18-32(41-42(38(6,7)8,33-19-14-12-15-20-33)34-21-16-13-17-22-34)27-37-30(5)23-25-35(29(3)4)36(37)26-24-31(11-2)40-28-39-9/h10-17,19-23,29,31-32,35-37H,1-2,18,24-28H2,3-9H3/t31-,32+,35+,36-,37-/m1/s1. The predicted molar refractivity (Wildman–Crippen MR) is 182 cm³/mol. The first-order valence-electron chi connectivity index (χ1n) is 15.9. The Hall–Kier alpha value is -2.24. The molecule has 0 unspecified atom stereocenters. The van der Waals surface area contributed by atoms with Crippen molar-refractivity contribution in [1.82, 2.24) is 0 Å². The van der Waals surface area contributed by atoms with Gasteiger partial charge in [-0.15, -0.1) is 13.2 Å². The summed E-state index contributed by atoms with van der Waals surface area (Å²) in [5, 5.41) is 2.59. The number of allylic oxidation sites excluding steroid dienone is 2. The lowest BCUT2D eigenvalue weighted by Crippen LogP contribution is -2.67. The monoisotopic (exact) mass is 588 g/mol. The molecule has 0 bridgehead atoms. The zero-order valence-corrected chi connectivity index (χ0v) is 28.4. The molecule has 2 aromatic carbocycles. The van der Waals surface area contributed by atoms with Crippen LogP contribution in [0.5, 0.6) is 0 Å². The Kier molecular flexibility index (Phi) is 13.1. The second kappa shape index (κ2) is 16.0. The van der Waals surface area contributed by atoms with Gasteiger partial charge in [0.15, 0.2) is 0 Å². The zero-order chi connectivity index (χ0) is 30.8. The molecule has 5 atom stereocenters. The first-order valence-corrected chi connectivity index (χ1v) is 17.8. The molecule has 0 N–H and O–H groups in total. The van der Waals surface area contributed by atoms with Gasteiger partial charge in [0.05, 0.1) is 6.10 Å². The van der Waals surface area contributed by atoms with Crippen LogP contribution in [0.4, 0.5) is 0 Å². The summed E-state index contributed by atoms with van der Waals surface area (Å²) in [4.78, 5) is 0. The lowest BCUT2D eigenvalue weighted by molar-refractivity contribution is -0.0604. The third-order valence-electron chi connectivity index (χ3n) is 9.37. The van der Waals surface area contributed by atoms with Gasteiger partial charge < -0.3 is 13.9 Å². The Balaban J connectivity index is 2.03. The van der Waals surface area contributed by atoms with E-state index in [-0.39, 0.29) is 17.2 Å². The van der Waals surface area contributed by atoms with Crippen LogP contribution < -0.4 is 10.4 Å². The second-order valence-corrected chi connectivity index (χ2v) is 17.7. The van der Waals surface area contributed by atoms with Gasteiger partial charge in [-0.05, 0) is 78.1 Å². The first-order chi connectivity index (χ1) is 20.1. The highest BCUT2D eigenvalue weighted by molar-refractivity contribution is 6.99. The van der Waals surface area contributed by atoms with Gasteiger partial charge in [-0.25, -0.2) is 0 Å². The van der Waals surface area contributed by atoms with Crippen LogP contribution in [0, 0.1) is 23.7 Å². The van der Waals surface area contributed by atoms with Gasteiger partial charge in [0, 0.05) is 13.2 Å². The SMILES string of the molecule is C=CC[C@@H](C[C@@H]1C(C)=CC[C@@H](C(C)C)[C@H]1CC[C@@H](C=C)OCOC)O[Si](c1ccccc1)(c1ccccc1)C(C)(C)C. The van der Waals surface area contributed by atoms with Crippen molar-refractivity contribution in [3.8, 4) is 0 Å². The number of benzene rings is 2. The molecule has 2 aromatic rings. The minimum absolute atomic E-state index is 0.00181. The number of methoxy groups -OCH3 is 1. The predicted octanol–water partition coefficient (Wildman–Crippen LogP) is 8.71. The molecule has 0 spiro atoms. The molecule has 0 fully saturated rings. The lowest BCUT2D eigenvalue weighted by atomic mass is 9.65. The summed E-state index contributed by atoms with van der Waals surface area (Å²) in [6.45, 7) is 22.7. The van der Waals surface area contributed by atoms with Gasteiger partial charge in [0.1, 0.15) is 6.79 Å². The second-order valence-electron chi connectivity index (χ2n) is 13.4. The molecule has 0 amide bonds. The van der Waals surface area contributed by atoms with Crippen molar-refractivity contribution in [2.75, 3.05) is 13.9 Å². The number of hydrogen-bond acceptors (Lipinski definition) is 3. The van der Waals surface area contributed by atoms with Crippen LogP contribution in [0.2, 0.25) is 5.04 Å². The van der Waals surface area contributed by atoms with E-state index in [1.807, 2.05) is 6.08 Å². The summed E-state index contributed by atoms with van der Waals surface area (Å²) in [6.07, 6.45) is 11.6. The topological polar surface area (TPSA) is 27.7 Å². The van der Waals surface area contributed by atoms with Crippen molar-refractivity contribution in [1.29, 1.82) is 0 Å². The van der Waals surface area contributed by atoms with Crippen LogP contribution in [0.25, 0.3) is 0 Å². The lowest BCUT2D eigenvalue weighted by Gasteiger charge is -2.47. The largest absolute Gasteiger partial charge is 0.404 e. The van der Waals surface area contributed by atoms with E-state index in [0.717, 1.165) is 32.1 Å². The van der Waals surface area contributed by atoms with E-state index in [1.54, 1.807) is 7.11 Å². The quantitative estimate of drug-likeness (QED) is 0.112. The normalized spacial score (nSPS) is 21.0. The van der Waals surface area contributed by atoms with Gasteiger partial charge in [0.2, 0.25) is 0 Å². The summed E-state index contributed by atoms with van der Waals surface area (Å²) in [6, 6.07) is 22.0. The number of hydrogen-bond donors (Lipinski definition) is 0. The smallest absolute Gasteiger partial charge is 0.261 e. The third kappa shape index (κ3) is 8.22. The molecule has 0 radical (unpaired) electrons. The van der Waals surface area contributed by atoms with E-state index in [1.165, 1.54) is 15.9 Å². The maximum Gasteiger partial charge on any atom is 0.261 e. The molecule has 42 heavy (non-hydrogen) atoms. The summed E-state index contributed by atoms with van der Waals surface area (Å²) in [7, 11) is -1.02. The molecular formula is C38H56O3Si. The highest BCUT2D eigenvalue weighted by atomic mass is 28.4. The Labute approximate surface area is 258 Å². The third-order valence-corrected chi connectivity index (χ3v) is 14.5. The Morgan fingerprint density at radius 3 is 2.05 bits per heavy atom. The molecular weight excluding hydrogens is 533 g/mol. The van der Waals surface area contributed by atoms with Crippen molar-refractivity contribution in [3.63, 3.8) is 0 Å². The Morgan fingerprint density at radius 2 is 1.57 bits per heavy atom. The Bertz CT molecular complexity index is 1080. The van der Waals surface area contributed by atoms with Crippen molar-refractivity contribution in [3.05, 3.63) is 97.6 Å². The summed E-state index contributed by atoms with van der Waals surface area (Å²) in [5.41, 5.74) is 1.50. The van der Waals surface area contributed by atoms with Gasteiger partial charge in [0.25, 0.3) is 8.32 Å². The van der Waals surface area contributed by atoms with Gasteiger partial charge in [-0.3, -0.25) is 0 Å². The average Bonchev–Trinajstić information content (AvgIpc) is 2.97. The number of ether oxygens (including phenoxy) is 2. The fraction of sp³-hybridized carbons (Fsp3) is 0.526. The van der Waals surface area contributed by atoms with Gasteiger partial charge >= 0.3 is 0 Å². The first kappa shape index (κ1) is 34.2. The van der Waals surface area contributed by atoms with Crippen molar-refractivity contribution in [2.24, 2.45) is 23.7 Å². The van der Waals surface area contributed by atoms with E-state index in [9.17, 15) is 0 Å². The fourth-order valence-electron chi connectivity index (χ4n) is 7.21. The molecule has 0 aliphatic heterocycles. The Morgan fingerprint density at radius 1 is 0.976 bits per heavy atom. The number of rotatable bonds is 16. The van der Waals surface area contributed by atoms with E-state index in [2.05, 4.69) is 128 Å². The molecule has 1 aliphatic carbocycles. The fourth-order valence-corrected chi connectivity index (χ4v) is 11.9. The van der Waals surface area contributed by atoms with Crippen molar-refractivity contribution in [2.45, 2.75) is 90.9 Å². The van der Waals surface area contributed by atoms with Crippen LogP contribution in [0.15, 0.2) is 97.6 Å². The van der Waals surface area contributed by atoms with Crippen LogP contribution in [0.1, 0.15) is 73.6 Å². The maximum atomic E-state index is 7.69. The van der Waals surface area contributed by atoms with E-state index >= 15 is 0 Å². The average molecular weight is 589 g/mol. The van der Waals surface area contributed by atoms with Crippen LogP contribution >= 0.6 is 0 Å². The molecule has 230 valence electrons. The van der Waals surface area contributed by atoms with E-state index < -0.39 is 8.32 Å². The minimum atomic E-state index is -2.69. The molecule has 3 rings (SSSR count). The minimum Gasteiger partial charge on any atom is -0.404 e. The molecule has 1 aliphatic rings. The van der Waals surface area contributed by atoms with Gasteiger partial charge in [-0.2, -0.15) is 0 Å². The maximum absolute atomic E-state index is 7.69. The highest BCUT2D eigenvalue weighted by Gasteiger charge is 2.51. The summed E-state index contributed by atoms with van der Waals surface area (Å²) >= 11 is 0. The molecule has 3 nitrogen and oxygen atoms in total. The molecule has 0 aromatic heterocycles. The summed E-state index contributed by atoms with van der Waals surface area (Å²) < 4.78 is 18.8. The van der Waals surface area contributed by atoms with Gasteiger partial charge in [-0.1, -0.05) is 119 Å². The van der Waals surface area contributed by atoms with Crippen LogP contribution in [-0.4, -0.2) is 34.4 Å². The van der Waals surface area contributed by atoms with E-state index in [0.29, 0.717) is 30.5 Å². The zero-order valence-electron chi connectivity index (χ0n) is 27.4. The highest BCUT2D eigenvalue weighted by Crippen LogP contribution is 2.45. The summed E-state index contributed by atoms with van der Waals surface area (Å²) in [5.74, 6) is 2.24. The molecule has 0 saturated heterocycles. The van der Waals surface area contributed by atoms with Crippen LogP contribution in [0.3, 0.4) is 0 Å². The van der Waals surface area contributed by atoms with Crippen LogP contribution in [-0.2, 0) is 13.9 Å². The molecule has 0 heterocycles. The van der Waals surface area contributed by atoms with E-state index in [4.69, 9.17) is 13.9 Å². The molecule has 0 saturated carbocycles. The van der Waals surface area contributed by atoms with Crippen molar-refractivity contribution < 1.29 is 13.9 Å². The van der Waals surface area contributed by atoms with Crippen molar-refractivity contribution >= 4 is 18.7 Å².